The Balaban J connectivity index is 0. The normalized spacial score (nSPS) is 10.7. The van der Waals surface area contributed by atoms with Crippen molar-refractivity contribution < 1.29 is 9.53 Å². The molecule has 2 N–H and O–H groups in total. The summed E-state index contributed by atoms with van der Waals surface area (Å²) in [5, 5.41) is 6.42. The quantitative estimate of drug-likeness (QED) is 0.263. The molecule has 0 saturated carbocycles. The molecule has 0 unspecified atom stereocenters. The summed E-state index contributed by atoms with van der Waals surface area (Å²) in [6.45, 7) is 4.66. The van der Waals surface area contributed by atoms with Gasteiger partial charge in [0.2, 0.25) is 5.91 Å². The van der Waals surface area contributed by atoms with E-state index in [-0.39, 0.29) is 36.4 Å². The number of nitrogens with one attached hydrogen (secondary N) is 2. The number of carbonyl (C=O) groups is 1. The van der Waals surface area contributed by atoms with Crippen molar-refractivity contribution >= 4 is 35.8 Å². The van der Waals surface area contributed by atoms with E-state index in [9.17, 15) is 4.79 Å². The number of unbranched alkanes of at least 4 members (excludes halogenated alkanes) is 1. The van der Waals surface area contributed by atoms with E-state index in [4.69, 9.17) is 4.74 Å². The van der Waals surface area contributed by atoms with Gasteiger partial charge >= 0.3 is 0 Å². The SMILES string of the molecule is CCCCNC(=NCC(=O)N(C)C)NCCCOC.I. The van der Waals surface area contributed by atoms with E-state index in [0.717, 1.165) is 32.4 Å². The first-order valence-corrected chi connectivity index (χ1v) is 6.83. The van der Waals surface area contributed by atoms with Crippen molar-refractivity contribution in [3.63, 3.8) is 0 Å². The first-order chi connectivity index (χ1) is 9.11. The smallest absolute Gasteiger partial charge is 0.243 e. The van der Waals surface area contributed by atoms with Gasteiger partial charge in [0.05, 0.1) is 0 Å². The molecule has 0 bridgehead atoms. The molecule has 0 saturated heterocycles. The molecular formula is C13H29IN4O2. The Morgan fingerprint density at radius 1 is 1.20 bits per heavy atom. The predicted molar refractivity (Wildman–Crippen MR) is 93.8 cm³/mol. The number of halogens is 1. The maximum Gasteiger partial charge on any atom is 0.243 e. The second-order valence-electron chi connectivity index (χ2n) is 4.51. The Hall–Kier alpha value is -0.570. The molecule has 0 aromatic rings. The zero-order valence-corrected chi connectivity index (χ0v) is 15.4. The Morgan fingerprint density at radius 3 is 2.30 bits per heavy atom. The summed E-state index contributed by atoms with van der Waals surface area (Å²) >= 11 is 0. The van der Waals surface area contributed by atoms with Gasteiger partial charge in [0.25, 0.3) is 0 Å². The van der Waals surface area contributed by atoms with Crippen molar-refractivity contribution in [3.8, 4) is 0 Å². The molecule has 0 aromatic heterocycles. The average Bonchev–Trinajstić information content (AvgIpc) is 2.39. The highest BCUT2D eigenvalue weighted by Gasteiger charge is 2.03. The Kier molecular flexibility index (Phi) is 16.1. The van der Waals surface area contributed by atoms with Gasteiger partial charge in [0.1, 0.15) is 6.54 Å². The van der Waals surface area contributed by atoms with Gasteiger partial charge < -0.3 is 20.3 Å². The minimum absolute atomic E-state index is 0. The van der Waals surface area contributed by atoms with Crippen molar-refractivity contribution in [2.45, 2.75) is 26.2 Å². The second-order valence-corrected chi connectivity index (χ2v) is 4.51. The van der Waals surface area contributed by atoms with E-state index in [1.54, 1.807) is 21.2 Å². The fourth-order valence-electron chi connectivity index (χ4n) is 1.27. The van der Waals surface area contributed by atoms with Crippen LogP contribution >= 0.6 is 24.0 Å². The number of rotatable bonds is 9. The van der Waals surface area contributed by atoms with Gasteiger partial charge in [-0.25, -0.2) is 4.99 Å². The summed E-state index contributed by atoms with van der Waals surface area (Å²) in [6.07, 6.45) is 3.12. The number of carbonyl (C=O) groups excluding carboxylic acids is 1. The van der Waals surface area contributed by atoms with Crippen LogP contribution in [0.15, 0.2) is 4.99 Å². The predicted octanol–water partition coefficient (Wildman–Crippen LogP) is 1.06. The summed E-state index contributed by atoms with van der Waals surface area (Å²) in [5.74, 6) is 0.688. The molecule has 0 aliphatic carbocycles. The van der Waals surface area contributed by atoms with Crippen LogP contribution in [0, 0.1) is 0 Å². The van der Waals surface area contributed by atoms with Crippen LogP contribution in [0.1, 0.15) is 26.2 Å². The van der Waals surface area contributed by atoms with Crippen LogP contribution < -0.4 is 10.6 Å². The highest BCUT2D eigenvalue weighted by atomic mass is 127. The molecule has 0 heterocycles. The molecule has 0 aromatic carbocycles. The molecule has 0 atom stereocenters. The van der Waals surface area contributed by atoms with Gasteiger partial charge in [-0.05, 0) is 12.8 Å². The van der Waals surface area contributed by atoms with Crippen LogP contribution in [-0.4, -0.2) is 64.2 Å². The zero-order valence-electron chi connectivity index (χ0n) is 13.1. The minimum atomic E-state index is -0.00603. The number of hydrogen-bond donors (Lipinski definition) is 2. The Labute approximate surface area is 139 Å². The minimum Gasteiger partial charge on any atom is -0.385 e. The van der Waals surface area contributed by atoms with Gasteiger partial charge in [-0.2, -0.15) is 0 Å². The van der Waals surface area contributed by atoms with Crippen LogP contribution in [0.2, 0.25) is 0 Å². The molecule has 1 amide bonds. The van der Waals surface area contributed by atoms with Crippen LogP contribution in [0.4, 0.5) is 0 Å². The van der Waals surface area contributed by atoms with Gasteiger partial charge in [0, 0.05) is 40.9 Å². The van der Waals surface area contributed by atoms with Gasteiger partial charge in [0.15, 0.2) is 5.96 Å². The lowest BCUT2D eigenvalue weighted by Crippen LogP contribution is -2.39. The van der Waals surface area contributed by atoms with Crippen molar-refractivity contribution in [1.82, 2.24) is 15.5 Å². The molecule has 20 heavy (non-hydrogen) atoms. The van der Waals surface area contributed by atoms with Crippen molar-refractivity contribution in [1.29, 1.82) is 0 Å². The summed E-state index contributed by atoms with van der Waals surface area (Å²) < 4.78 is 4.99. The summed E-state index contributed by atoms with van der Waals surface area (Å²) in [5.41, 5.74) is 0. The summed E-state index contributed by atoms with van der Waals surface area (Å²) in [7, 11) is 5.15. The zero-order chi connectivity index (χ0) is 14.5. The fraction of sp³-hybridized carbons (Fsp3) is 0.846. The highest BCUT2D eigenvalue weighted by Crippen LogP contribution is 1.85. The second kappa shape index (κ2) is 14.8. The number of hydrogen-bond acceptors (Lipinski definition) is 3. The molecule has 6 nitrogen and oxygen atoms in total. The lowest BCUT2D eigenvalue weighted by molar-refractivity contribution is -0.127. The van der Waals surface area contributed by atoms with Crippen LogP contribution in [0.25, 0.3) is 0 Å². The number of guanidine groups is 1. The third-order valence-electron chi connectivity index (χ3n) is 2.51. The topological polar surface area (TPSA) is 66.0 Å². The number of amides is 1. The van der Waals surface area contributed by atoms with E-state index in [0.29, 0.717) is 12.6 Å². The first kappa shape index (κ1) is 21.7. The van der Waals surface area contributed by atoms with Gasteiger partial charge in [-0.3, -0.25) is 4.79 Å². The molecule has 0 rings (SSSR count). The standard InChI is InChI=1S/C13H28N4O2.HI/c1-5-6-8-14-13(15-9-7-10-19-4)16-11-12(18)17(2)3;/h5-11H2,1-4H3,(H2,14,15,16);1H. The van der Waals surface area contributed by atoms with E-state index in [2.05, 4.69) is 22.5 Å². The Morgan fingerprint density at radius 2 is 1.80 bits per heavy atom. The third-order valence-corrected chi connectivity index (χ3v) is 2.51. The number of methoxy groups -OCH3 is 1. The van der Waals surface area contributed by atoms with Crippen molar-refractivity contribution in [2.24, 2.45) is 4.99 Å². The number of aliphatic imine (C=N–C) groups is 1. The van der Waals surface area contributed by atoms with Crippen LogP contribution in [-0.2, 0) is 9.53 Å². The molecule has 0 radical (unpaired) electrons. The lowest BCUT2D eigenvalue weighted by Gasteiger charge is -2.13. The molecule has 0 spiro atoms. The maximum absolute atomic E-state index is 11.5. The number of nitrogens with zero attached hydrogens (tertiary/aromatic N) is 2. The number of ether oxygens (including phenoxy) is 1. The highest BCUT2D eigenvalue weighted by molar-refractivity contribution is 14.0. The third kappa shape index (κ3) is 12.5. The van der Waals surface area contributed by atoms with E-state index < -0.39 is 0 Å². The lowest BCUT2D eigenvalue weighted by atomic mass is 10.3. The largest absolute Gasteiger partial charge is 0.385 e. The maximum atomic E-state index is 11.5. The van der Waals surface area contributed by atoms with Gasteiger partial charge in [-0.15, -0.1) is 24.0 Å². The first-order valence-electron chi connectivity index (χ1n) is 6.83. The molecule has 0 aliphatic rings. The van der Waals surface area contributed by atoms with E-state index >= 15 is 0 Å². The summed E-state index contributed by atoms with van der Waals surface area (Å²) in [4.78, 5) is 17.3. The average molecular weight is 400 g/mol. The summed E-state index contributed by atoms with van der Waals surface area (Å²) in [6, 6.07) is 0. The van der Waals surface area contributed by atoms with Crippen LogP contribution in [0.5, 0.6) is 0 Å². The van der Waals surface area contributed by atoms with Crippen molar-refractivity contribution in [2.75, 3.05) is 47.4 Å². The number of likely N-dealkylation sites (N-methyl/N-ethyl adjacent to an activating group) is 1. The van der Waals surface area contributed by atoms with Gasteiger partial charge in [-0.1, -0.05) is 13.3 Å². The molecule has 120 valence electrons. The van der Waals surface area contributed by atoms with Crippen molar-refractivity contribution in [3.05, 3.63) is 0 Å². The molecule has 0 aliphatic heterocycles. The van der Waals surface area contributed by atoms with Crippen LogP contribution in [0.3, 0.4) is 0 Å². The van der Waals surface area contributed by atoms with E-state index in [1.165, 1.54) is 4.90 Å². The Bertz CT molecular complexity index is 273. The molecular weight excluding hydrogens is 371 g/mol. The van der Waals surface area contributed by atoms with E-state index in [1.807, 2.05) is 0 Å². The monoisotopic (exact) mass is 400 g/mol. The molecule has 7 heteroatoms. The fourth-order valence-corrected chi connectivity index (χ4v) is 1.27. The molecule has 0 fully saturated rings.